The van der Waals surface area contributed by atoms with Gasteiger partial charge in [-0.25, -0.2) is 9.78 Å². The molecule has 2 unspecified atom stereocenters. The van der Waals surface area contributed by atoms with E-state index in [1.54, 1.807) is 0 Å². The molecular weight excluding hydrogens is 244 g/mol. The van der Waals surface area contributed by atoms with Crippen molar-refractivity contribution in [3.05, 3.63) is 11.1 Å². The largest absolute Gasteiger partial charge is 0.386 e. The number of carbonyl (C=O) groups is 1. The predicted molar refractivity (Wildman–Crippen MR) is 69.2 cm³/mol. The number of Topliss-reactive ketones (excluding diaryl/α,β-unsaturated/α-hetero) is 1. The van der Waals surface area contributed by atoms with Gasteiger partial charge in [0, 0.05) is 12.0 Å². The number of aliphatic hydroxyl groups excluding tert-OH is 1. The Labute approximate surface area is 113 Å². The van der Waals surface area contributed by atoms with Gasteiger partial charge >= 0.3 is 0 Å². The second kappa shape index (κ2) is 3.90. The zero-order chi connectivity index (χ0) is 14.0. The van der Waals surface area contributed by atoms with Crippen LogP contribution in [0.25, 0.3) is 0 Å². The van der Waals surface area contributed by atoms with Crippen molar-refractivity contribution >= 4 is 5.78 Å². The van der Waals surface area contributed by atoms with Gasteiger partial charge < -0.3 is 5.11 Å². The molecule has 1 saturated heterocycles. The summed E-state index contributed by atoms with van der Waals surface area (Å²) < 4.78 is 0. The van der Waals surface area contributed by atoms with Crippen molar-refractivity contribution in [1.82, 2.24) is 0 Å². The summed E-state index contributed by atoms with van der Waals surface area (Å²) >= 11 is 0. The normalized spacial score (nSPS) is 45.9. The van der Waals surface area contributed by atoms with Gasteiger partial charge in [-0.05, 0) is 37.2 Å². The number of carbonyl (C=O) groups excluding carboxylic acids is 1. The lowest BCUT2D eigenvalue weighted by Crippen LogP contribution is -2.54. The fourth-order valence-corrected chi connectivity index (χ4v) is 3.90. The van der Waals surface area contributed by atoms with Crippen LogP contribution in [0.15, 0.2) is 11.1 Å². The summed E-state index contributed by atoms with van der Waals surface area (Å²) in [6.45, 7) is 7.97. The summed E-state index contributed by atoms with van der Waals surface area (Å²) in [4.78, 5) is 23.6. The molecule has 0 aromatic rings. The fraction of sp³-hybridized carbons (Fsp3) is 0.800. The van der Waals surface area contributed by atoms with Gasteiger partial charge in [-0.15, -0.1) is 0 Å². The van der Waals surface area contributed by atoms with E-state index in [9.17, 15) is 9.90 Å². The van der Waals surface area contributed by atoms with Crippen LogP contribution in [0.4, 0.5) is 0 Å². The first-order chi connectivity index (χ1) is 8.82. The number of ketones is 1. The molecule has 4 atom stereocenters. The minimum absolute atomic E-state index is 0.0818. The monoisotopic (exact) mass is 266 g/mol. The first-order valence-corrected chi connectivity index (χ1v) is 7.14. The molecule has 2 aliphatic carbocycles. The third-order valence-electron chi connectivity index (χ3n) is 5.23. The minimum atomic E-state index is -0.742. The Bertz CT molecular complexity index is 455. The van der Waals surface area contributed by atoms with Gasteiger partial charge in [0.1, 0.15) is 17.3 Å². The van der Waals surface area contributed by atoms with E-state index in [1.807, 2.05) is 27.7 Å². The fourth-order valence-electron chi connectivity index (χ4n) is 3.90. The summed E-state index contributed by atoms with van der Waals surface area (Å²) in [5, 5.41) is 10.9. The van der Waals surface area contributed by atoms with Gasteiger partial charge in [-0.2, -0.15) is 0 Å². The van der Waals surface area contributed by atoms with Crippen LogP contribution in [0.1, 0.15) is 47.0 Å². The van der Waals surface area contributed by atoms with Crippen LogP contribution in [0.3, 0.4) is 0 Å². The van der Waals surface area contributed by atoms with Gasteiger partial charge in [0.25, 0.3) is 0 Å². The molecule has 1 fully saturated rings. The predicted octanol–water partition coefficient (Wildman–Crippen LogP) is 2.16. The molecule has 4 aliphatic rings. The molecule has 2 heterocycles. The van der Waals surface area contributed by atoms with E-state index < -0.39 is 17.3 Å². The SMILES string of the molecule is CC1CC(=O)C2=C1C(O)[C@@]1(C(C)C)CC[C@]2(C)OO1. The maximum absolute atomic E-state index is 12.3. The van der Waals surface area contributed by atoms with Crippen LogP contribution >= 0.6 is 0 Å². The van der Waals surface area contributed by atoms with Crippen LogP contribution in [0.2, 0.25) is 0 Å². The lowest BCUT2D eigenvalue weighted by molar-refractivity contribution is -0.442. The van der Waals surface area contributed by atoms with Crippen molar-refractivity contribution in [3.63, 3.8) is 0 Å². The third-order valence-corrected chi connectivity index (χ3v) is 5.23. The molecule has 0 radical (unpaired) electrons. The molecule has 0 amide bonds. The van der Waals surface area contributed by atoms with Gasteiger partial charge in [0.05, 0.1) is 0 Å². The van der Waals surface area contributed by atoms with Crippen LogP contribution < -0.4 is 0 Å². The van der Waals surface area contributed by atoms with Crippen molar-refractivity contribution in [1.29, 1.82) is 0 Å². The van der Waals surface area contributed by atoms with Crippen LogP contribution in [-0.2, 0) is 14.6 Å². The molecule has 0 aromatic carbocycles. The van der Waals surface area contributed by atoms with Crippen LogP contribution in [-0.4, -0.2) is 28.2 Å². The Morgan fingerprint density at radius 2 is 2.00 bits per heavy atom. The Kier molecular flexibility index (Phi) is 2.73. The smallest absolute Gasteiger partial charge is 0.162 e. The Morgan fingerprint density at radius 1 is 1.32 bits per heavy atom. The second-order valence-corrected chi connectivity index (χ2v) is 6.77. The molecule has 4 rings (SSSR count). The van der Waals surface area contributed by atoms with E-state index in [0.29, 0.717) is 12.0 Å². The molecule has 4 heteroatoms. The Hall–Kier alpha value is -0.710. The summed E-state index contributed by atoms with van der Waals surface area (Å²) in [5.74, 6) is 0.314. The molecule has 4 nitrogen and oxygen atoms in total. The van der Waals surface area contributed by atoms with E-state index in [2.05, 4.69) is 0 Å². The maximum atomic E-state index is 12.3. The van der Waals surface area contributed by atoms with E-state index in [0.717, 1.165) is 18.4 Å². The molecule has 106 valence electrons. The van der Waals surface area contributed by atoms with E-state index >= 15 is 0 Å². The molecule has 19 heavy (non-hydrogen) atoms. The molecule has 0 aromatic heterocycles. The Balaban J connectivity index is 2.19. The molecule has 0 spiro atoms. The average Bonchev–Trinajstić information content (AvgIpc) is 2.54. The molecule has 2 aliphatic heterocycles. The lowest BCUT2D eigenvalue weighted by Gasteiger charge is -2.45. The minimum Gasteiger partial charge on any atom is -0.386 e. The standard InChI is InChI=1S/C15H22O4/c1-8(2)15-6-5-14(4,18-19-15)12-10(16)7-9(3)11(12)13(15)17/h8-9,13,17H,5-7H2,1-4H3/t9?,13?,14-,15-/m0/s1. The zero-order valence-electron chi connectivity index (χ0n) is 12.0. The molecular formula is C15H22O4. The highest BCUT2D eigenvalue weighted by Crippen LogP contribution is 2.53. The van der Waals surface area contributed by atoms with Gasteiger partial charge in [-0.3, -0.25) is 4.79 Å². The summed E-state index contributed by atoms with van der Waals surface area (Å²) in [5.41, 5.74) is 0.131. The first kappa shape index (κ1) is 13.3. The summed E-state index contributed by atoms with van der Waals surface area (Å²) in [6.07, 6.45) is 1.18. The van der Waals surface area contributed by atoms with Crippen molar-refractivity contribution in [2.75, 3.05) is 0 Å². The third kappa shape index (κ3) is 1.54. The topological polar surface area (TPSA) is 55.8 Å². The Morgan fingerprint density at radius 3 is 2.53 bits per heavy atom. The first-order valence-electron chi connectivity index (χ1n) is 7.14. The van der Waals surface area contributed by atoms with Crippen molar-refractivity contribution in [2.24, 2.45) is 11.8 Å². The quantitative estimate of drug-likeness (QED) is 0.739. The number of rotatable bonds is 1. The van der Waals surface area contributed by atoms with E-state index in [1.165, 1.54) is 0 Å². The number of hydrogen-bond acceptors (Lipinski definition) is 4. The number of aliphatic hydroxyl groups is 1. The van der Waals surface area contributed by atoms with E-state index in [4.69, 9.17) is 9.78 Å². The van der Waals surface area contributed by atoms with Crippen LogP contribution in [0.5, 0.6) is 0 Å². The average molecular weight is 266 g/mol. The van der Waals surface area contributed by atoms with Gasteiger partial charge in [0.2, 0.25) is 0 Å². The molecule has 0 saturated carbocycles. The van der Waals surface area contributed by atoms with E-state index in [-0.39, 0.29) is 17.6 Å². The molecule has 2 bridgehead atoms. The summed E-state index contributed by atoms with van der Waals surface area (Å²) in [7, 11) is 0. The molecule has 1 N–H and O–H groups in total. The highest BCUT2D eigenvalue weighted by Gasteiger charge is 2.60. The van der Waals surface area contributed by atoms with Crippen LogP contribution in [0, 0.1) is 11.8 Å². The van der Waals surface area contributed by atoms with Crippen molar-refractivity contribution < 1.29 is 19.7 Å². The highest BCUT2D eigenvalue weighted by atomic mass is 17.2. The lowest BCUT2D eigenvalue weighted by atomic mass is 9.77. The van der Waals surface area contributed by atoms with Crippen molar-refractivity contribution in [3.8, 4) is 0 Å². The second-order valence-electron chi connectivity index (χ2n) is 6.77. The van der Waals surface area contributed by atoms with Gasteiger partial charge in [0.15, 0.2) is 5.78 Å². The number of hydrogen-bond donors (Lipinski definition) is 1. The highest BCUT2D eigenvalue weighted by molar-refractivity contribution is 6.01. The summed E-state index contributed by atoms with van der Waals surface area (Å²) in [6, 6.07) is 0. The van der Waals surface area contributed by atoms with Gasteiger partial charge in [-0.1, -0.05) is 20.8 Å². The number of fused-ring (bicyclic) bond motifs is 2. The van der Waals surface area contributed by atoms with Crippen molar-refractivity contribution in [2.45, 2.75) is 64.3 Å². The maximum Gasteiger partial charge on any atom is 0.162 e. The zero-order valence-corrected chi connectivity index (χ0v) is 12.0.